The summed E-state index contributed by atoms with van der Waals surface area (Å²) >= 11 is 0. The van der Waals surface area contributed by atoms with Gasteiger partial charge >= 0.3 is 12.1 Å². The minimum absolute atomic E-state index is 0.0229. The Hall–Kier alpha value is -3.32. The number of alkyl halides is 3. The van der Waals surface area contributed by atoms with Gasteiger partial charge in [0.25, 0.3) is 0 Å². The maximum atomic E-state index is 12.7. The largest absolute Gasteiger partial charge is 0.506 e. The first kappa shape index (κ1) is 21.0. The van der Waals surface area contributed by atoms with Gasteiger partial charge in [0, 0.05) is 11.6 Å². The van der Waals surface area contributed by atoms with Crippen LogP contribution in [0.5, 0.6) is 5.75 Å². The molecule has 0 atom stereocenters. The topological polar surface area (TPSA) is 115 Å². The summed E-state index contributed by atoms with van der Waals surface area (Å²) in [5, 5.41) is 28.1. The third-order valence-corrected chi connectivity index (χ3v) is 5.33. The van der Waals surface area contributed by atoms with Gasteiger partial charge in [-0.2, -0.15) is 18.4 Å². The summed E-state index contributed by atoms with van der Waals surface area (Å²) in [4.78, 5) is 9.93. The number of nitrogens with zero attached hydrogens (tertiary/aromatic N) is 1. The highest BCUT2D eigenvalue weighted by Gasteiger charge is 2.30. The van der Waals surface area contributed by atoms with Crippen molar-refractivity contribution >= 4 is 15.8 Å². The van der Waals surface area contributed by atoms with Gasteiger partial charge in [0.1, 0.15) is 17.4 Å². The number of aromatic hydroxyl groups is 1. The zero-order valence-electron chi connectivity index (χ0n) is 13.9. The molecule has 2 aromatic carbocycles. The lowest BCUT2D eigenvalue weighted by molar-refractivity contribution is -0.137. The van der Waals surface area contributed by atoms with Gasteiger partial charge in [-0.25, -0.2) is 13.2 Å². The van der Waals surface area contributed by atoms with Crippen LogP contribution >= 0.6 is 0 Å². The number of carboxylic acid groups (broad SMARTS) is 1. The van der Waals surface area contributed by atoms with Crippen molar-refractivity contribution in [1.29, 1.82) is 5.26 Å². The molecule has 10 heteroatoms. The Labute approximate surface area is 157 Å². The summed E-state index contributed by atoms with van der Waals surface area (Å²) < 4.78 is 62.6. The Kier molecular flexibility index (Phi) is 5.80. The fraction of sp³-hybridized carbons (Fsp3) is 0.111. The number of phenolic OH excluding ortho intramolecular Hbond substituents is 1. The van der Waals surface area contributed by atoms with E-state index in [1.807, 2.05) is 0 Å². The van der Waals surface area contributed by atoms with Gasteiger partial charge in [0.05, 0.1) is 16.2 Å². The van der Waals surface area contributed by atoms with E-state index in [2.05, 4.69) is 0 Å². The lowest BCUT2D eigenvalue weighted by Crippen LogP contribution is -2.08. The normalized spacial score (nSPS) is 12.1. The molecule has 0 aliphatic rings. The van der Waals surface area contributed by atoms with Crippen LogP contribution in [0.2, 0.25) is 0 Å². The Balaban J connectivity index is 2.50. The van der Waals surface area contributed by atoms with Crippen molar-refractivity contribution in [3.63, 3.8) is 0 Å². The predicted molar refractivity (Wildman–Crippen MR) is 92.1 cm³/mol. The Morgan fingerprint density at radius 1 is 1.14 bits per heavy atom. The molecule has 0 aromatic heterocycles. The van der Waals surface area contributed by atoms with Crippen LogP contribution in [0.15, 0.2) is 53.4 Å². The molecule has 2 aromatic rings. The lowest BCUT2D eigenvalue weighted by Gasteiger charge is -2.12. The van der Waals surface area contributed by atoms with Crippen LogP contribution in [-0.4, -0.2) is 30.4 Å². The van der Waals surface area contributed by atoms with Crippen molar-refractivity contribution in [2.45, 2.75) is 11.1 Å². The summed E-state index contributed by atoms with van der Waals surface area (Å²) in [6, 6.07) is 7.52. The van der Waals surface area contributed by atoms with Gasteiger partial charge in [-0.15, -0.1) is 0 Å². The molecule has 6 nitrogen and oxygen atoms in total. The molecule has 2 rings (SSSR count). The Morgan fingerprint density at radius 2 is 1.75 bits per heavy atom. The molecule has 28 heavy (non-hydrogen) atoms. The number of benzene rings is 2. The minimum Gasteiger partial charge on any atom is -0.506 e. The molecule has 0 aliphatic carbocycles. The number of phenols is 1. The second kappa shape index (κ2) is 7.74. The van der Waals surface area contributed by atoms with E-state index in [4.69, 9.17) is 5.11 Å². The second-order valence-electron chi connectivity index (χ2n) is 5.54. The molecule has 0 spiro atoms. The molecule has 0 fully saturated rings. The van der Waals surface area contributed by atoms with E-state index < -0.39 is 49.5 Å². The van der Waals surface area contributed by atoms with Crippen molar-refractivity contribution in [3.05, 3.63) is 59.7 Å². The molecule has 0 saturated heterocycles. The summed E-state index contributed by atoms with van der Waals surface area (Å²) in [6.07, 6.45) is -3.04. The number of rotatable bonds is 5. The Bertz CT molecular complexity index is 1080. The van der Waals surface area contributed by atoms with E-state index in [1.165, 1.54) is 0 Å². The summed E-state index contributed by atoms with van der Waals surface area (Å²) in [5.41, 5.74) is -1.36. The number of nitriles is 1. The number of carbonyl (C=O) groups is 1. The number of halogens is 3. The van der Waals surface area contributed by atoms with E-state index in [0.717, 1.165) is 42.5 Å². The van der Waals surface area contributed by atoms with Gasteiger partial charge in [0.2, 0.25) is 0 Å². The molecule has 0 unspecified atom stereocenters. The Morgan fingerprint density at radius 3 is 2.25 bits per heavy atom. The first-order chi connectivity index (χ1) is 13.0. The SMILES string of the molecule is N#Cc1c(S(=O)(=O)CC=CC(=O)O)ccc(-c2ccc(C(F)(F)F)cc2)c1O. The van der Waals surface area contributed by atoms with E-state index in [1.54, 1.807) is 6.07 Å². The molecular weight excluding hydrogens is 399 g/mol. The average molecular weight is 411 g/mol. The third kappa shape index (κ3) is 4.50. The van der Waals surface area contributed by atoms with Crippen molar-refractivity contribution < 1.29 is 36.6 Å². The number of aliphatic carboxylic acids is 1. The van der Waals surface area contributed by atoms with Gasteiger partial charge in [0.15, 0.2) is 9.84 Å². The van der Waals surface area contributed by atoms with Crippen LogP contribution in [0.1, 0.15) is 11.1 Å². The predicted octanol–water partition coefficient (Wildman–Crippen LogP) is 3.36. The summed E-state index contributed by atoms with van der Waals surface area (Å²) in [7, 11) is -4.13. The van der Waals surface area contributed by atoms with Crippen molar-refractivity contribution in [1.82, 2.24) is 0 Å². The minimum atomic E-state index is -4.54. The maximum Gasteiger partial charge on any atom is 0.416 e. The number of sulfone groups is 1. The first-order valence-electron chi connectivity index (χ1n) is 7.53. The number of hydrogen-bond donors (Lipinski definition) is 2. The van der Waals surface area contributed by atoms with Crippen LogP contribution in [0, 0.1) is 11.3 Å². The van der Waals surface area contributed by atoms with E-state index >= 15 is 0 Å². The highest BCUT2D eigenvalue weighted by atomic mass is 32.2. The third-order valence-electron chi connectivity index (χ3n) is 3.69. The number of hydrogen-bond acceptors (Lipinski definition) is 5. The van der Waals surface area contributed by atoms with Crippen molar-refractivity contribution in [3.8, 4) is 22.9 Å². The van der Waals surface area contributed by atoms with Gasteiger partial charge in [-0.1, -0.05) is 18.2 Å². The van der Waals surface area contributed by atoms with Crippen LogP contribution in [-0.2, 0) is 20.8 Å². The zero-order chi connectivity index (χ0) is 21.1. The molecular formula is C18H12F3NO5S. The smallest absolute Gasteiger partial charge is 0.416 e. The summed E-state index contributed by atoms with van der Waals surface area (Å²) in [6.45, 7) is 0. The highest BCUT2D eigenvalue weighted by molar-refractivity contribution is 7.91. The van der Waals surface area contributed by atoms with Gasteiger partial charge in [-0.3, -0.25) is 0 Å². The molecule has 0 aliphatic heterocycles. The number of carboxylic acids is 1. The quantitative estimate of drug-likeness (QED) is 0.729. The van der Waals surface area contributed by atoms with Crippen molar-refractivity contribution in [2.75, 3.05) is 5.75 Å². The fourth-order valence-corrected chi connectivity index (χ4v) is 3.63. The molecule has 0 heterocycles. The second-order valence-corrected chi connectivity index (χ2v) is 7.55. The lowest BCUT2D eigenvalue weighted by atomic mass is 10.0. The molecule has 0 amide bonds. The van der Waals surface area contributed by atoms with Crippen molar-refractivity contribution in [2.24, 2.45) is 0 Å². The van der Waals surface area contributed by atoms with E-state index in [0.29, 0.717) is 6.08 Å². The van der Waals surface area contributed by atoms with Crippen LogP contribution < -0.4 is 0 Å². The first-order valence-corrected chi connectivity index (χ1v) is 9.18. The fourth-order valence-electron chi connectivity index (χ4n) is 2.38. The maximum absolute atomic E-state index is 12.7. The van der Waals surface area contributed by atoms with Gasteiger partial charge < -0.3 is 10.2 Å². The average Bonchev–Trinajstić information content (AvgIpc) is 2.60. The molecule has 0 saturated carbocycles. The molecule has 0 radical (unpaired) electrons. The van der Waals surface area contributed by atoms with E-state index in [-0.39, 0.29) is 11.1 Å². The van der Waals surface area contributed by atoms with Crippen LogP contribution in [0.3, 0.4) is 0 Å². The standard InChI is InChI=1S/C18H12F3NO5S/c19-18(20,21)12-5-3-11(4-6-12)13-7-8-15(14(10-22)17(13)25)28(26,27)9-1-2-16(23)24/h1-8,25H,9H2,(H,23,24). The monoisotopic (exact) mass is 411 g/mol. The van der Waals surface area contributed by atoms with Gasteiger partial charge in [-0.05, 0) is 29.8 Å². The van der Waals surface area contributed by atoms with E-state index in [9.17, 15) is 36.8 Å². The highest BCUT2D eigenvalue weighted by Crippen LogP contribution is 2.37. The molecule has 146 valence electrons. The van der Waals surface area contributed by atoms with Crippen LogP contribution in [0.4, 0.5) is 13.2 Å². The van der Waals surface area contributed by atoms with Crippen LogP contribution in [0.25, 0.3) is 11.1 Å². The molecule has 2 N–H and O–H groups in total. The molecule has 0 bridgehead atoms. The summed E-state index contributed by atoms with van der Waals surface area (Å²) in [5.74, 6) is -2.77. The zero-order valence-corrected chi connectivity index (χ0v) is 14.8.